The molecule has 2 N–H and O–H groups in total. The molecular weight excluding hydrogens is 260 g/mol. The molecular formula is C13H10N4O3. The van der Waals surface area contributed by atoms with Crippen LogP contribution in [0.2, 0.25) is 0 Å². The van der Waals surface area contributed by atoms with Crippen molar-refractivity contribution in [2.45, 2.75) is 0 Å². The SMILES string of the molecule is O=Nc1ccc(NNC(=O)c2ccncc2)c(=O)cc1. The van der Waals surface area contributed by atoms with Gasteiger partial charge >= 0.3 is 0 Å². The fourth-order valence-corrected chi connectivity index (χ4v) is 1.42. The van der Waals surface area contributed by atoms with Crippen LogP contribution in [0.1, 0.15) is 10.4 Å². The highest BCUT2D eigenvalue weighted by molar-refractivity contribution is 5.94. The van der Waals surface area contributed by atoms with Crippen LogP contribution in [0.3, 0.4) is 0 Å². The first-order valence-electron chi connectivity index (χ1n) is 5.65. The number of hydrogen-bond donors (Lipinski definition) is 2. The molecule has 0 saturated carbocycles. The van der Waals surface area contributed by atoms with Crippen molar-refractivity contribution in [1.29, 1.82) is 0 Å². The van der Waals surface area contributed by atoms with E-state index in [1.807, 2.05) is 0 Å². The molecule has 7 heteroatoms. The van der Waals surface area contributed by atoms with Crippen LogP contribution < -0.4 is 16.3 Å². The van der Waals surface area contributed by atoms with E-state index in [4.69, 9.17) is 0 Å². The van der Waals surface area contributed by atoms with Gasteiger partial charge in [-0.25, -0.2) is 0 Å². The summed E-state index contributed by atoms with van der Waals surface area (Å²) in [6, 6.07) is 8.30. The Morgan fingerprint density at radius 1 is 1.05 bits per heavy atom. The fraction of sp³-hybridized carbons (Fsp3) is 0. The van der Waals surface area contributed by atoms with Gasteiger partial charge in [-0.3, -0.25) is 25.4 Å². The Morgan fingerprint density at radius 3 is 2.45 bits per heavy atom. The molecule has 7 nitrogen and oxygen atoms in total. The van der Waals surface area contributed by atoms with Crippen molar-refractivity contribution in [3.05, 3.63) is 69.5 Å². The second-order valence-corrected chi connectivity index (χ2v) is 3.78. The van der Waals surface area contributed by atoms with Crippen molar-refractivity contribution in [3.63, 3.8) is 0 Å². The maximum absolute atomic E-state index is 11.8. The molecule has 0 fully saturated rings. The van der Waals surface area contributed by atoms with Crippen LogP contribution in [0.4, 0.5) is 11.4 Å². The molecule has 0 aliphatic carbocycles. The monoisotopic (exact) mass is 270 g/mol. The van der Waals surface area contributed by atoms with E-state index in [1.54, 1.807) is 0 Å². The predicted octanol–water partition coefficient (Wildman–Crippen LogP) is 1.60. The quantitative estimate of drug-likeness (QED) is 0.649. The van der Waals surface area contributed by atoms with Gasteiger partial charge < -0.3 is 0 Å². The summed E-state index contributed by atoms with van der Waals surface area (Å²) in [6.45, 7) is 0. The van der Waals surface area contributed by atoms with E-state index >= 15 is 0 Å². The maximum atomic E-state index is 11.8. The van der Waals surface area contributed by atoms with Crippen LogP contribution in [-0.4, -0.2) is 10.9 Å². The van der Waals surface area contributed by atoms with Crippen LogP contribution in [0, 0.1) is 4.91 Å². The first-order chi connectivity index (χ1) is 9.70. The third kappa shape index (κ3) is 3.22. The Bertz CT molecular complexity index is 689. The number of aromatic nitrogens is 1. The van der Waals surface area contributed by atoms with E-state index in [1.165, 1.54) is 48.8 Å². The first-order valence-corrected chi connectivity index (χ1v) is 5.65. The number of anilines is 1. The van der Waals surface area contributed by atoms with Crippen LogP contribution in [0.25, 0.3) is 0 Å². The minimum Gasteiger partial charge on any atom is -0.294 e. The van der Waals surface area contributed by atoms with Crippen molar-refractivity contribution in [2.75, 3.05) is 5.43 Å². The average Bonchev–Trinajstić information content (AvgIpc) is 2.67. The second-order valence-electron chi connectivity index (χ2n) is 3.78. The van der Waals surface area contributed by atoms with Crippen molar-refractivity contribution in [3.8, 4) is 0 Å². The van der Waals surface area contributed by atoms with Gasteiger partial charge in [0.25, 0.3) is 5.91 Å². The molecule has 1 aromatic heterocycles. The second kappa shape index (κ2) is 6.19. The Labute approximate surface area is 113 Å². The topological polar surface area (TPSA) is 101 Å². The van der Waals surface area contributed by atoms with Gasteiger partial charge in [0.1, 0.15) is 11.4 Å². The van der Waals surface area contributed by atoms with Crippen molar-refractivity contribution in [2.24, 2.45) is 5.18 Å². The number of hydrazine groups is 1. The molecule has 0 atom stereocenters. The van der Waals surface area contributed by atoms with E-state index in [0.717, 1.165) is 0 Å². The lowest BCUT2D eigenvalue weighted by Crippen LogP contribution is -2.31. The molecule has 1 amide bonds. The zero-order chi connectivity index (χ0) is 14.4. The molecule has 0 unspecified atom stereocenters. The minimum absolute atomic E-state index is 0.121. The van der Waals surface area contributed by atoms with Gasteiger partial charge in [0.05, 0.1) is 0 Å². The third-order valence-corrected chi connectivity index (χ3v) is 2.45. The molecule has 2 aromatic rings. The molecule has 100 valence electrons. The lowest BCUT2D eigenvalue weighted by Gasteiger charge is -2.06. The molecule has 20 heavy (non-hydrogen) atoms. The molecule has 1 aromatic carbocycles. The number of carbonyl (C=O) groups is 1. The summed E-state index contributed by atoms with van der Waals surface area (Å²) >= 11 is 0. The summed E-state index contributed by atoms with van der Waals surface area (Å²) in [4.78, 5) is 37.6. The van der Waals surface area contributed by atoms with Gasteiger partial charge in [0.15, 0.2) is 0 Å². The average molecular weight is 270 g/mol. The zero-order valence-corrected chi connectivity index (χ0v) is 10.2. The Hall–Kier alpha value is -3.09. The van der Waals surface area contributed by atoms with Crippen LogP contribution in [0.5, 0.6) is 0 Å². The van der Waals surface area contributed by atoms with Crippen LogP contribution in [-0.2, 0) is 0 Å². The largest absolute Gasteiger partial charge is 0.294 e. The number of amides is 1. The van der Waals surface area contributed by atoms with Crippen molar-refractivity contribution < 1.29 is 4.79 Å². The standard InChI is InChI=1S/C13H10N4O3/c18-12-4-2-10(17-20)1-3-11(12)15-16-13(19)9-5-7-14-8-6-9/h1-8H,(H,15,18)(H,16,19). The summed E-state index contributed by atoms with van der Waals surface area (Å²) < 4.78 is 0. The number of pyridine rings is 1. The fourth-order valence-electron chi connectivity index (χ4n) is 1.42. The van der Waals surface area contributed by atoms with Crippen molar-refractivity contribution in [1.82, 2.24) is 10.4 Å². The zero-order valence-electron chi connectivity index (χ0n) is 10.2. The summed E-state index contributed by atoms with van der Waals surface area (Å²) in [5, 5.41) is 2.72. The van der Waals surface area contributed by atoms with E-state index in [0.29, 0.717) is 5.56 Å². The lowest BCUT2D eigenvalue weighted by molar-refractivity contribution is 0.0962. The molecule has 1 heterocycles. The van der Waals surface area contributed by atoms with Gasteiger partial charge in [-0.2, -0.15) is 0 Å². The van der Waals surface area contributed by atoms with Crippen LogP contribution >= 0.6 is 0 Å². The number of hydrogen-bond acceptors (Lipinski definition) is 6. The highest BCUT2D eigenvalue weighted by Crippen LogP contribution is 2.09. The molecule has 0 aliphatic heterocycles. The van der Waals surface area contributed by atoms with Gasteiger partial charge in [-0.1, -0.05) is 0 Å². The highest BCUT2D eigenvalue weighted by atomic mass is 16.3. The van der Waals surface area contributed by atoms with Gasteiger partial charge in [-0.05, 0) is 41.6 Å². The molecule has 0 aliphatic rings. The van der Waals surface area contributed by atoms with Gasteiger partial charge in [-0.15, -0.1) is 4.91 Å². The Morgan fingerprint density at radius 2 is 1.75 bits per heavy atom. The summed E-state index contributed by atoms with van der Waals surface area (Å²) in [7, 11) is 0. The van der Waals surface area contributed by atoms with E-state index in [9.17, 15) is 14.5 Å². The van der Waals surface area contributed by atoms with Crippen molar-refractivity contribution >= 4 is 17.3 Å². The highest BCUT2D eigenvalue weighted by Gasteiger charge is 2.04. The number of nitrogens with zero attached hydrogens (tertiary/aromatic N) is 2. The summed E-state index contributed by atoms with van der Waals surface area (Å²) in [6.07, 6.45) is 2.97. The number of carbonyl (C=O) groups excluding carboxylic acids is 1. The Balaban J connectivity index is 2.12. The molecule has 0 saturated heterocycles. The first kappa shape index (κ1) is 13.3. The molecule has 0 bridgehead atoms. The number of nitrogens with one attached hydrogen (secondary N) is 2. The predicted molar refractivity (Wildman–Crippen MR) is 73.5 cm³/mol. The normalized spacial score (nSPS) is 9.60. The molecule has 0 radical (unpaired) electrons. The molecule has 0 spiro atoms. The maximum Gasteiger partial charge on any atom is 0.269 e. The Kier molecular flexibility index (Phi) is 4.13. The lowest BCUT2D eigenvalue weighted by atomic mass is 10.3. The van der Waals surface area contributed by atoms with Gasteiger partial charge in [0, 0.05) is 18.0 Å². The minimum atomic E-state index is -0.410. The summed E-state index contributed by atoms with van der Waals surface area (Å²) in [5.74, 6) is -0.410. The number of nitroso groups, excluding NO2 is 1. The van der Waals surface area contributed by atoms with E-state index < -0.39 is 5.91 Å². The summed E-state index contributed by atoms with van der Waals surface area (Å²) in [5.41, 5.74) is 5.16. The van der Waals surface area contributed by atoms with E-state index in [2.05, 4.69) is 21.0 Å². The van der Waals surface area contributed by atoms with Gasteiger partial charge in [0.2, 0.25) is 5.43 Å². The smallest absolute Gasteiger partial charge is 0.269 e. The molecule has 2 rings (SSSR count). The third-order valence-electron chi connectivity index (χ3n) is 2.45. The van der Waals surface area contributed by atoms with E-state index in [-0.39, 0.29) is 16.8 Å². The number of rotatable bonds is 4. The van der Waals surface area contributed by atoms with Crippen LogP contribution in [0.15, 0.2) is 58.8 Å².